The number of nitrogens with zero attached hydrogens (tertiary/aromatic N) is 1. The highest BCUT2D eigenvalue weighted by Gasteiger charge is 2.17. The molecule has 2 rings (SSSR count). The van der Waals surface area contributed by atoms with Gasteiger partial charge in [0.05, 0.1) is 12.7 Å². The third-order valence-corrected chi connectivity index (χ3v) is 2.91. The van der Waals surface area contributed by atoms with Crippen LogP contribution < -0.4 is 0 Å². The Balaban J connectivity index is 2.46. The van der Waals surface area contributed by atoms with E-state index in [1.54, 1.807) is 12.1 Å². The zero-order valence-electron chi connectivity index (χ0n) is 11.1. The quantitative estimate of drug-likeness (QED) is 0.806. The Morgan fingerprint density at radius 1 is 1.10 bits per heavy atom. The van der Waals surface area contributed by atoms with Gasteiger partial charge in [0.1, 0.15) is 11.6 Å². The van der Waals surface area contributed by atoms with Crippen LogP contribution in [-0.4, -0.2) is 25.1 Å². The van der Waals surface area contributed by atoms with Crippen molar-refractivity contribution in [2.24, 2.45) is 0 Å². The van der Waals surface area contributed by atoms with Crippen LogP contribution in [0.4, 0.5) is 8.78 Å². The lowest BCUT2D eigenvalue weighted by Gasteiger charge is -2.14. The number of halogens is 2. The van der Waals surface area contributed by atoms with Crippen molar-refractivity contribution in [3.63, 3.8) is 0 Å². The van der Waals surface area contributed by atoms with Crippen molar-refractivity contribution in [1.82, 2.24) is 5.06 Å². The summed E-state index contributed by atoms with van der Waals surface area (Å²) in [5, 5.41) is 0.924. The van der Waals surface area contributed by atoms with E-state index < -0.39 is 17.5 Å². The number of hydroxylamine groups is 2. The summed E-state index contributed by atoms with van der Waals surface area (Å²) in [6.07, 6.45) is 0. The molecule has 0 aliphatic rings. The lowest BCUT2D eigenvalue weighted by molar-refractivity contribution is -0.0759. The largest absolute Gasteiger partial charge is 0.280 e. The van der Waals surface area contributed by atoms with E-state index in [4.69, 9.17) is 4.84 Å². The number of carbonyl (C=O) groups excluding carboxylic acids is 1. The maximum Gasteiger partial charge on any atom is 0.280 e. The van der Waals surface area contributed by atoms with Crippen LogP contribution in [0.5, 0.6) is 0 Å². The smallest absolute Gasteiger partial charge is 0.274 e. The SMILES string of the molecule is CON(C)C(=O)c1cc(-c2cccc(F)c2)ccc1F. The molecule has 0 atom stereocenters. The summed E-state index contributed by atoms with van der Waals surface area (Å²) in [5.41, 5.74) is 0.994. The normalized spacial score (nSPS) is 10.4. The molecule has 0 unspecified atom stereocenters. The fraction of sp³-hybridized carbons (Fsp3) is 0.133. The minimum Gasteiger partial charge on any atom is -0.274 e. The maximum atomic E-state index is 13.7. The Morgan fingerprint density at radius 2 is 1.80 bits per heavy atom. The Morgan fingerprint density at radius 3 is 2.45 bits per heavy atom. The van der Waals surface area contributed by atoms with Gasteiger partial charge in [-0.05, 0) is 35.4 Å². The molecule has 0 aliphatic carbocycles. The molecule has 0 aliphatic heterocycles. The Bertz CT molecular complexity index is 644. The fourth-order valence-electron chi connectivity index (χ4n) is 1.79. The highest BCUT2D eigenvalue weighted by Crippen LogP contribution is 2.23. The van der Waals surface area contributed by atoms with Crippen molar-refractivity contribution < 1.29 is 18.4 Å². The first-order chi connectivity index (χ1) is 9.52. The molecule has 0 bridgehead atoms. The Hall–Kier alpha value is -2.27. The Labute approximate surface area is 115 Å². The fourth-order valence-corrected chi connectivity index (χ4v) is 1.79. The van der Waals surface area contributed by atoms with Gasteiger partial charge in [-0.15, -0.1) is 0 Å². The van der Waals surface area contributed by atoms with E-state index in [0.29, 0.717) is 11.1 Å². The van der Waals surface area contributed by atoms with Crippen LogP contribution in [0.2, 0.25) is 0 Å². The summed E-state index contributed by atoms with van der Waals surface area (Å²) in [5.74, 6) is -1.66. The number of rotatable bonds is 3. The van der Waals surface area contributed by atoms with Crippen LogP contribution in [-0.2, 0) is 4.84 Å². The Kier molecular flexibility index (Phi) is 4.10. The molecule has 104 valence electrons. The summed E-state index contributed by atoms with van der Waals surface area (Å²) >= 11 is 0. The molecule has 0 saturated heterocycles. The van der Waals surface area contributed by atoms with Crippen molar-refractivity contribution in [3.05, 3.63) is 59.7 Å². The first-order valence-corrected chi connectivity index (χ1v) is 5.90. The lowest BCUT2D eigenvalue weighted by atomic mass is 10.0. The van der Waals surface area contributed by atoms with Crippen LogP contribution in [0, 0.1) is 11.6 Å². The molecule has 0 heterocycles. The molecule has 2 aromatic carbocycles. The van der Waals surface area contributed by atoms with Gasteiger partial charge in [-0.3, -0.25) is 9.63 Å². The molecule has 20 heavy (non-hydrogen) atoms. The van der Waals surface area contributed by atoms with Crippen molar-refractivity contribution >= 4 is 5.91 Å². The number of amides is 1. The van der Waals surface area contributed by atoms with Gasteiger partial charge in [0.25, 0.3) is 5.91 Å². The molecule has 2 aromatic rings. The standard InChI is InChI=1S/C15H13F2NO2/c1-18(20-2)15(19)13-9-11(6-7-14(13)17)10-4-3-5-12(16)8-10/h3-9H,1-2H3. The maximum absolute atomic E-state index is 13.7. The van der Waals surface area contributed by atoms with Gasteiger partial charge in [-0.25, -0.2) is 13.8 Å². The molecular formula is C15H13F2NO2. The molecule has 0 N–H and O–H groups in total. The topological polar surface area (TPSA) is 29.5 Å². The minimum absolute atomic E-state index is 0.129. The van der Waals surface area contributed by atoms with Gasteiger partial charge in [0.2, 0.25) is 0 Å². The average molecular weight is 277 g/mol. The van der Waals surface area contributed by atoms with Crippen LogP contribution in [0.15, 0.2) is 42.5 Å². The summed E-state index contributed by atoms with van der Waals surface area (Å²) in [7, 11) is 2.70. The lowest BCUT2D eigenvalue weighted by Crippen LogP contribution is -2.26. The zero-order chi connectivity index (χ0) is 14.7. The zero-order valence-corrected chi connectivity index (χ0v) is 11.1. The van der Waals surface area contributed by atoms with Crippen LogP contribution in [0.1, 0.15) is 10.4 Å². The number of carbonyl (C=O) groups is 1. The van der Waals surface area contributed by atoms with E-state index in [-0.39, 0.29) is 5.56 Å². The van der Waals surface area contributed by atoms with E-state index in [1.165, 1.54) is 44.5 Å². The molecule has 1 amide bonds. The predicted octanol–water partition coefficient (Wildman–Crippen LogP) is 3.27. The van der Waals surface area contributed by atoms with Gasteiger partial charge >= 0.3 is 0 Å². The van der Waals surface area contributed by atoms with Gasteiger partial charge < -0.3 is 0 Å². The average Bonchev–Trinajstić information content (AvgIpc) is 2.46. The van der Waals surface area contributed by atoms with E-state index >= 15 is 0 Å². The van der Waals surface area contributed by atoms with E-state index in [9.17, 15) is 13.6 Å². The third kappa shape index (κ3) is 2.83. The highest BCUT2D eigenvalue weighted by molar-refractivity contribution is 5.95. The molecule has 0 spiro atoms. The van der Waals surface area contributed by atoms with Gasteiger partial charge in [-0.1, -0.05) is 18.2 Å². The van der Waals surface area contributed by atoms with E-state index in [1.807, 2.05) is 0 Å². The van der Waals surface area contributed by atoms with Crippen LogP contribution in [0.25, 0.3) is 11.1 Å². The van der Waals surface area contributed by atoms with E-state index in [2.05, 4.69) is 0 Å². The molecule has 0 fully saturated rings. The van der Waals surface area contributed by atoms with Crippen molar-refractivity contribution in [3.8, 4) is 11.1 Å². The first kappa shape index (κ1) is 14.1. The molecule has 0 aromatic heterocycles. The van der Waals surface area contributed by atoms with Gasteiger partial charge in [0, 0.05) is 7.05 Å². The van der Waals surface area contributed by atoms with Gasteiger partial charge in [0.15, 0.2) is 0 Å². The second kappa shape index (κ2) is 5.79. The van der Waals surface area contributed by atoms with Gasteiger partial charge in [-0.2, -0.15) is 0 Å². The van der Waals surface area contributed by atoms with Crippen LogP contribution >= 0.6 is 0 Å². The van der Waals surface area contributed by atoms with Crippen molar-refractivity contribution in [2.75, 3.05) is 14.2 Å². The van der Waals surface area contributed by atoms with Crippen molar-refractivity contribution in [2.45, 2.75) is 0 Å². The second-order valence-corrected chi connectivity index (χ2v) is 4.19. The summed E-state index contributed by atoms with van der Waals surface area (Å²) < 4.78 is 26.9. The summed E-state index contributed by atoms with van der Waals surface area (Å²) in [6.45, 7) is 0. The highest BCUT2D eigenvalue weighted by atomic mass is 19.1. The molecule has 5 heteroatoms. The van der Waals surface area contributed by atoms with Crippen molar-refractivity contribution in [1.29, 1.82) is 0 Å². The number of hydrogen-bond donors (Lipinski definition) is 0. The molecule has 3 nitrogen and oxygen atoms in total. The predicted molar refractivity (Wildman–Crippen MR) is 70.9 cm³/mol. The number of hydrogen-bond acceptors (Lipinski definition) is 2. The molecule has 0 radical (unpaired) electrons. The summed E-state index contributed by atoms with van der Waals surface area (Å²) in [4.78, 5) is 16.7. The monoisotopic (exact) mass is 277 g/mol. The molecule has 0 saturated carbocycles. The second-order valence-electron chi connectivity index (χ2n) is 4.19. The third-order valence-electron chi connectivity index (χ3n) is 2.91. The molecular weight excluding hydrogens is 264 g/mol. The first-order valence-electron chi connectivity index (χ1n) is 5.90. The van der Waals surface area contributed by atoms with Crippen LogP contribution in [0.3, 0.4) is 0 Å². The summed E-state index contributed by atoms with van der Waals surface area (Å²) in [6, 6.07) is 9.92. The minimum atomic E-state index is -0.654. The number of benzene rings is 2. The van der Waals surface area contributed by atoms with E-state index in [0.717, 1.165) is 5.06 Å².